The molecule has 1 rings (SSSR count). The summed E-state index contributed by atoms with van der Waals surface area (Å²) in [4.78, 5) is 13.4. The topological polar surface area (TPSA) is 38.8 Å². The van der Waals surface area contributed by atoms with Gasteiger partial charge in [-0.05, 0) is 41.0 Å². The van der Waals surface area contributed by atoms with Gasteiger partial charge in [-0.2, -0.15) is 0 Å². The number of likely N-dealkylation sites (tertiary alicyclic amines) is 1. The van der Waals surface area contributed by atoms with Crippen LogP contribution in [0, 0.1) is 0 Å². The molecule has 1 amide bonds. The summed E-state index contributed by atoms with van der Waals surface area (Å²) in [6.45, 7) is 10.6. The molecule has 0 aromatic carbocycles. The minimum atomic E-state index is -0.204. The maximum atomic E-state index is 11.6. The molecule has 4 nitrogen and oxygen atoms in total. The molecule has 0 N–H and O–H groups in total. The van der Waals surface area contributed by atoms with Gasteiger partial charge in [0.2, 0.25) is 5.91 Å². The molecule has 16 heavy (non-hydrogen) atoms. The van der Waals surface area contributed by atoms with Crippen molar-refractivity contribution in [3.8, 4) is 0 Å². The van der Waals surface area contributed by atoms with Crippen molar-refractivity contribution < 1.29 is 14.3 Å². The highest BCUT2D eigenvalue weighted by atomic mass is 16.7. The molecular weight excluding hydrogens is 206 g/mol. The zero-order chi connectivity index (χ0) is 12.4. The van der Waals surface area contributed by atoms with Crippen molar-refractivity contribution in [1.29, 1.82) is 0 Å². The number of rotatable bonds is 4. The monoisotopic (exact) mass is 229 g/mol. The fourth-order valence-corrected chi connectivity index (χ4v) is 1.61. The van der Waals surface area contributed by atoms with E-state index in [4.69, 9.17) is 9.47 Å². The molecule has 1 fully saturated rings. The number of ether oxygens (including phenoxy) is 2. The summed E-state index contributed by atoms with van der Waals surface area (Å²) in [5.74, 6) is 0.167. The first-order valence-corrected chi connectivity index (χ1v) is 5.74. The van der Waals surface area contributed by atoms with Crippen LogP contribution in [0.2, 0.25) is 0 Å². The molecule has 0 aliphatic carbocycles. The number of amides is 1. The highest BCUT2D eigenvalue weighted by Crippen LogP contribution is 2.28. The molecule has 1 saturated heterocycles. The number of carbonyl (C=O) groups is 1. The summed E-state index contributed by atoms with van der Waals surface area (Å²) in [7, 11) is 0. The van der Waals surface area contributed by atoms with Crippen LogP contribution in [0.5, 0.6) is 0 Å². The van der Waals surface area contributed by atoms with E-state index >= 15 is 0 Å². The van der Waals surface area contributed by atoms with Gasteiger partial charge in [0.25, 0.3) is 0 Å². The lowest BCUT2D eigenvalue weighted by molar-refractivity contribution is -0.159. The summed E-state index contributed by atoms with van der Waals surface area (Å²) in [6, 6.07) is 0. The van der Waals surface area contributed by atoms with E-state index in [9.17, 15) is 4.79 Å². The Bertz CT molecular complexity index is 255. The summed E-state index contributed by atoms with van der Waals surface area (Å²) in [6.07, 6.45) is 1.52. The zero-order valence-corrected chi connectivity index (χ0v) is 11.0. The van der Waals surface area contributed by atoms with Crippen LogP contribution in [-0.4, -0.2) is 35.5 Å². The zero-order valence-electron chi connectivity index (χ0n) is 11.0. The first-order valence-electron chi connectivity index (χ1n) is 5.74. The largest absolute Gasteiger partial charge is 0.350 e. The molecule has 94 valence electrons. The van der Waals surface area contributed by atoms with Crippen LogP contribution in [-0.2, 0) is 14.3 Å². The van der Waals surface area contributed by atoms with Gasteiger partial charge in [-0.1, -0.05) is 0 Å². The Balaban J connectivity index is 2.30. The van der Waals surface area contributed by atoms with Crippen molar-refractivity contribution in [2.24, 2.45) is 0 Å². The summed E-state index contributed by atoms with van der Waals surface area (Å²) < 4.78 is 10.8. The van der Waals surface area contributed by atoms with Crippen molar-refractivity contribution in [1.82, 2.24) is 4.90 Å². The predicted molar refractivity (Wildman–Crippen MR) is 61.8 cm³/mol. The average molecular weight is 229 g/mol. The van der Waals surface area contributed by atoms with E-state index in [1.165, 1.54) is 0 Å². The second-order valence-electron chi connectivity index (χ2n) is 5.84. The highest BCUT2D eigenvalue weighted by Gasteiger charge is 2.37. The van der Waals surface area contributed by atoms with Gasteiger partial charge in [0.1, 0.15) is 13.5 Å². The lowest BCUT2D eigenvalue weighted by Crippen LogP contribution is -2.42. The molecule has 4 heteroatoms. The van der Waals surface area contributed by atoms with Crippen molar-refractivity contribution in [3.05, 3.63) is 0 Å². The first kappa shape index (κ1) is 13.5. The van der Waals surface area contributed by atoms with Gasteiger partial charge in [-0.15, -0.1) is 0 Å². The van der Waals surface area contributed by atoms with Crippen LogP contribution in [0.4, 0.5) is 0 Å². The Labute approximate surface area is 97.9 Å². The van der Waals surface area contributed by atoms with Crippen LogP contribution in [0.25, 0.3) is 0 Å². The molecule has 1 aliphatic heterocycles. The van der Waals surface area contributed by atoms with E-state index in [1.807, 2.05) is 20.8 Å². The lowest BCUT2D eigenvalue weighted by atomic mass is 10.0. The Morgan fingerprint density at radius 1 is 1.38 bits per heavy atom. The number of carbonyl (C=O) groups excluding carboxylic acids is 1. The van der Waals surface area contributed by atoms with Gasteiger partial charge in [0.15, 0.2) is 0 Å². The molecule has 0 radical (unpaired) electrons. The molecule has 0 atom stereocenters. The number of hydrogen-bond donors (Lipinski definition) is 0. The SMILES string of the molecule is CC(C)(C)OCOCN1C(=O)CCC1(C)C. The van der Waals surface area contributed by atoms with E-state index in [0.717, 1.165) is 6.42 Å². The number of hydrogen-bond acceptors (Lipinski definition) is 3. The molecule has 0 unspecified atom stereocenters. The minimum absolute atomic E-state index is 0.0845. The fraction of sp³-hybridized carbons (Fsp3) is 0.917. The van der Waals surface area contributed by atoms with Gasteiger partial charge < -0.3 is 14.4 Å². The number of nitrogens with zero attached hydrogens (tertiary/aromatic N) is 1. The van der Waals surface area contributed by atoms with Crippen LogP contribution < -0.4 is 0 Å². The molecule has 0 aromatic heterocycles. The Hall–Kier alpha value is -0.610. The second kappa shape index (κ2) is 4.72. The van der Waals surface area contributed by atoms with Crippen molar-refractivity contribution in [2.75, 3.05) is 13.5 Å². The lowest BCUT2D eigenvalue weighted by Gasteiger charge is -2.31. The smallest absolute Gasteiger partial charge is 0.224 e. The normalized spacial score (nSPS) is 20.6. The van der Waals surface area contributed by atoms with Crippen molar-refractivity contribution in [2.45, 2.75) is 58.6 Å². The third-order valence-corrected chi connectivity index (χ3v) is 2.78. The quantitative estimate of drug-likeness (QED) is 0.547. The van der Waals surface area contributed by atoms with Crippen LogP contribution in [0.3, 0.4) is 0 Å². The van der Waals surface area contributed by atoms with Gasteiger partial charge in [0, 0.05) is 12.0 Å². The second-order valence-corrected chi connectivity index (χ2v) is 5.84. The molecule has 0 saturated carbocycles. The predicted octanol–water partition coefficient (Wildman–Crippen LogP) is 2.13. The van der Waals surface area contributed by atoms with Crippen molar-refractivity contribution >= 4 is 5.91 Å². The maximum absolute atomic E-state index is 11.6. The van der Waals surface area contributed by atoms with Gasteiger partial charge >= 0.3 is 0 Å². The molecule has 0 spiro atoms. The molecule has 0 aromatic rings. The van der Waals surface area contributed by atoms with Crippen LogP contribution in [0.1, 0.15) is 47.5 Å². The molecule has 1 aliphatic rings. The summed E-state index contributed by atoms with van der Waals surface area (Å²) >= 11 is 0. The van der Waals surface area contributed by atoms with Crippen molar-refractivity contribution in [3.63, 3.8) is 0 Å². The fourth-order valence-electron chi connectivity index (χ4n) is 1.61. The van der Waals surface area contributed by atoms with Crippen LogP contribution in [0.15, 0.2) is 0 Å². The van der Waals surface area contributed by atoms with E-state index in [0.29, 0.717) is 13.2 Å². The van der Waals surface area contributed by atoms with Gasteiger partial charge in [-0.25, -0.2) is 0 Å². The minimum Gasteiger partial charge on any atom is -0.350 e. The van der Waals surface area contributed by atoms with E-state index in [1.54, 1.807) is 4.90 Å². The maximum Gasteiger partial charge on any atom is 0.224 e. The first-order chi connectivity index (χ1) is 7.22. The third-order valence-electron chi connectivity index (χ3n) is 2.78. The van der Waals surface area contributed by atoms with E-state index in [-0.39, 0.29) is 23.8 Å². The highest BCUT2D eigenvalue weighted by molar-refractivity contribution is 5.79. The molecular formula is C12H23NO3. The van der Waals surface area contributed by atoms with Crippen LogP contribution >= 0.6 is 0 Å². The van der Waals surface area contributed by atoms with E-state index < -0.39 is 0 Å². The third kappa shape index (κ3) is 3.76. The summed E-state index contributed by atoms with van der Waals surface area (Å²) in [5.41, 5.74) is -0.288. The Kier molecular flexibility index (Phi) is 3.97. The standard InChI is InChI=1S/C12H23NO3/c1-11(2,3)16-9-15-8-13-10(14)6-7-12(13,4)5/h6-9H2,1-5H3. The van der Waals surface area contributed by atoms with Gasteiger partial charge in [0.05, 0.1) is 5.60 Å². The Morgan fingerprint density at radius 3 is 2.44 bits per heavy atom. The summed E-state index contributed by atoms with van der Waals surface area (Å²) in [5, 5.41) is 0. The molecule has 0 bridgehead atoms. The molecule has 1 heterocycles. The van der Waals surface area contributed by atoms with Gasteiger partial charge in [-0.3, -0.25) is 4.79 Å². The Morgan fingerprint density at radius 2 is 2.00 bits per heavy atom. The average Bonchev–Trinajstić information content (AvgIpc) is 2.35. The van der Waals surface area contributed by atoms with E-state index in [2.05, 4.69) is 13.8 Å².